The van der Waals surface area contributed by atoms with Gasteiger partial charge in [0.2, 0.25) is 0 Å². The molecule has 0 radical (unpaired) electrons. The first-order valence-electron chi connectivity index (χ1n) is 8.12. The highest BCUT2D eigenvalue weighted by atomic mass is 32.2. The van der Waals surface area contributed by atoms with E-state index in [0.29, 0.717) is 10.5 Å². The number of benzene rings is 2. The predicted molar refractivity (Wildman–Crippen MR) is 98.6 cm³/mol. The first kappa shape index (κ1) is 19.3. The summed E-state index contributed by atoms with van der Waals surface area (Å²) < 4.78 is 18.5. The van der Waals surface area contributed by atoms with Gasteiger partial charge in [-0.3, -0.25) is 9.00 Å². The minimum absolute atomic E-state index is 0.483. The summed E-state index contributed by atoms with van der Waals surface area (Å²) in [6.07, 6.45) is -1.22. The lowest BCUT2D eigenvalue weighted by molar-refractivity contribution is -0.156. The molecular formula is C20H24O4S. The summed E-state index contributed by atoms with van der Waals surface area (Å²) in [7, 11) is -1.75. The fourth-order valence-corrected chi connectivity index (χ4v) is 3.65. The summed E-state index contributed by atoms with van der Waals surface area (Å²) in [6.45, 7) is 7.15. The SMILES string of the molecule is Cc1ccc([S@](=O)[C@@H](C(=O)OC(C)(C)C)[C@H](O)c2ccccc2)cc1. The Labute approximate surface area is 151 Å². The molecule has 2 aromatic rings. The lowest BCUT2D eigenvalue weighted by atomic mass is 10.1. The maximum Gasteiger partial charge on any atom is 0.325 e. The van der Waals surface area contributed by atoms with Gasteiger partial charge in [0, 0.05) is 4.90 Å². The molecular weight excluding hydrogens is 336 g/mol. The first-order chi connectivity index (χ1) is 11.7. The number of aliphatic hydroxyl groups is 1. The lowest BCUT2D eigenvalue weighted by Crippen LogP contribution is -2.38. The molecule has 0 aliphatic rings. The lowest BCUT2D eigenvalue weighted by Gasteiger charge is -2.26. The van der Waals surface area contributed by atoms with Crippen LogP contribution in [-0.2, 0) is 20.3 Å². The average molecular weight is 360 g/mol. The van der Waals surface area contributed by atoms with E-state index in [1.54, 1.807) is 57.2 Å². The monoisotopic (exact) mass is 360 g/mol. The van der Waals surface area contributed by atoms with Gasteiger partial charge in [0.15, 0.2) is 5.25 Å². The van der Waals surface area contributed by atoms with Gasteiger partial charge in [-0.25, -0.2) is 0 Å². The number of rotatable bonds is 5. The number of carbonyl (C=O) groups excluding carboxylic acids is 1. The molecule has 25 heavy (non-hydrogen) atoms. The molecule has 0 amide bonds. The molecule has 0 heterocycles. The third-order valence-electron chi connectivity index (χ3n) is 3.55. The van der Waals surface area contributed by atoms with E-state index in [1.807, 2.05) is 25.1 Å². The van der Waals surface area contributed by atoms with E-state index in [2.05, 4.69) is 0 Å². The summed E-state index contributed by atoms with van der Waals surface area (Å²) in [5.74, 6) is -0.678. The van der Waals surface area contributed by atoms with E-state index in [-0.39, 0.29) is 0 Å². The number of carbonyl (C=O) groups is 1. The third-order valence-corrected chi connectivity index (χ3v) is 5.20. The molecule has 0 aromatic heterocycles. The van der Waals surface area contributed by atoms with Gasteiger partial charge in [-0.05, 0) is 45.4 Å². The van der Waals surface area contributed by atoms with Crippen LogP contribution in [0.2, 0.25) is 0 Å². The molecule has 0 aliphatic heterocycles. The van der Waals surface area contributed by atoms with Crippen molar-refractivity contribution in [3.8, 4) is 0 Å². The van der Waals surface area contributed by atoms with Crippen molar-refractivity contribution in [2.24, 2.45) is 0 Å². The van der Waals surface area contributed by atoms with Gasteiger partial charge in [0.1, 0.15) is 11.7 Å². The molecule has 134 valence electrons. The Balaban J connectivity index is 2.39. The van der Waals surface area contributed by atoms with Crippen molar-refractivity contribution in [1.82, 2.24) is 0 Å². The molecule has 2 aromatic carbocycles. The Kier molecular flexibility index (Phi) is 6.14. The zero-order valence-corrected chi connectivity index (χ0v) is 15.7. The highest BCUT2D eigenvalue weighted by Gasteiger charge is 2.37. The van der Waals surface area contributed by atoms with Crippen LogP contribution in [0.3, 0.4) is 0 Å². The van der Waals surface area contributed by atoms with Crippen LogP contribution < -0.4 is 0 Å². The molecule has 0 fully saturated rings. The molecule has 4 nitrogen and oxygen atoms in total. The van der Waals surface area contributed by atoms with Crippen molar-refractivity contribution in [2.45, 2.75) is 49.5 Å². The zero-order chi connectivity index (χ0) is 18.6. The zero-order valence-electron chi connectivity index (χ0n) is 14.9. The summed E-state index contributed by atoms with van der Waals surface area (Å²) in [5, 5.41) is 9.54. The van der Waals surface area contributed by atoms with E-state index in [1.165, 1.54) is 0 Å². The van der Waals surface area contributed by atoms with Crippen LogP contribution in [0, 0.1) is 6.92 Å². The van der Waals surface area contributed by atoms with E-state index in [9.17, 15) is 14.1 Å². The van der Waals surface area contributed by atoms with Gasteiger partial charge in [-0.1, -0.05) is 48.0 Å². The van der Waals surface area contributed by atoms with Crippen LogP contribution in [0.4, 0.5) is 0 Å². The van der Waals surface area contributed by atoms with Crippen LogP contribution in [-0.4, -0.2) is 26.1 Å². The van der Waals surface area contributed by atoms with E-state index in [0.717, 1.165) is 5.56 Å². The smallest absolute Gasteiger partial charge is 0.325 e. The van der Waals surface area contributed by atoms with Crippen molar-refractivity contribution >= 4 is 16.8 Å². The number of ether oxygens (including phenoxy) is 1. The molecule has 0 saturated carbocycles. The van der Waals surface area contributed by atoms with E-state index in [4.69, 9.17) is 4.74 Å². The van der Waals surface area contributed by atoms with E-state index < -0.39 is 33.7 Å². The minimum atomic E-state index is -1.75. The maximum atomic E-state index is 13.0. The first-order valence-corrected chi connectivity index (χ1v) is 9.33. The summed E-state index contributed by atoms with van der Waals surface area (Å²) >= 11 is 0. The Morgan fingerprint density at radius 1 is 1.04 bits per heavy atom. The minimum Gasteiger partial charge on any atom is -0.459 e. The second-order valence-electron chi connectivity index (χ2n) is 6.92. The van der Waals surface area contributed by atoms with Gasteiger partial charge in [0.05, 0.1) is 10.8 Å². The van der Waals surface area contributed by atoms with Gasteiger partial charge in [-0.15, -0.1) is 0 Å². The number of hydrogen-bond acceptors (Lipinski definition) is 4. The highest BCUT2D eigenvalue weighted by molar-refractivity contribution is 7.86. The molecule has 3 atom stereocenters. The van der Waals surface area contributed by atoms with Crippen LogP contribution in [0.25, 0.3) is 0 Å². The third kappa shape index (κ3) is 5.25. The Hall–Kier alpha value is -1.98. The fourth-order valence-electron chi connectivity index (χ4n) is 2.34. The highest BCUT2D eigenvalue weighted by Crippen LogP contribution is 2.27. The molecule has 2 rings (SSSR count). The van der Waals surface area contributed by atoms with Crippen LogP contribution in [0.1, 0.15) is 38.0 Å². The normalized spacial score (nSPS) is 15.2. The van der Waals surface area contributed by atoms with Gasteiger partial charge >= 0.3 is 5.97 Å². The van der Waals surface area contributed by atoms with Crippen molar-refractivity contribution in [1.29, 1.82) is 0 Å². The average Bonchev–Trinajstić information content (AvgIpc) is 2.54. The number of esters is 1. The predicted octanol–water partition coefficient (Wildman–Crippen LogP) is 3.55. The van der Waals surface area contributed by atoms with Crippen molar-refractivity contribution in [3.05, 3.63) is 65.7 Å². The number of hydrogen-bond donors (Lipinski definition) is 1. The Morgan fingerprint density at radius 3 is 2.12 bits per heavy atom. The molecule has 0 bridgehead atoms. The molecule has 1 N–H and O–H groups in total. The largest absolute Gasteiger partial charge is 0.459 e. The van der Waals surface area contributed by atoms with Gasteiger partial charge in [-0.2, -0.15) is 0 Å². The maximum absolute atomic E-state index is 13.0. The van der Waals surface area contributed by atoms with Crippen molar-refractivity contribution < 1.29 is 18.8 Å². The van der Waals surface area contributed by atoms with E-state index >= 15 is 0 Å². The van der Waals surface area contributed by atoms with Gasteiger partial charge in [0.25, 0.3) is 0 Å². The molecule has 5 heteroatoms. The fraction of sp³-hybridized carbons (Fsp3) is 0.350. The second kappa shape index (κ2) is 7.93. The second-order valence-corrected chi connectivity index (χ2v) is 8.49. The van der Waals surface area contributed by atoms with Crippen molar-refractivity contribution in [3.63, 3.8) is 0 Å². The molecule has 0 aliphatic carbocycles. The summed E-state index contributed by atoms with van der Waals surface area (Å²) in [5.41, 5.74) is 0.820. The molecule has 0 spiro atoms. The quantitative estimate of drug-likeness (QED) is 0.828. The summed E-state index contributed by atoms with van der Waals surface area (Å²) in [4.78, 5) is 13.2. The number of aliphatic hydroxyl groups excluding tert-OH is 1. The van der Waals surface area contributed by atoms with Crippen molar-refractivity contribution in [2.75, 3.05) is 0 Å². The molecule has 0 unspecified atom stereocenters. The topological polar surface area (TPSA) is 63.6 Å². The van der Waals surface area contributed by atoms with Crippen LogP contribution in [0.5, 0.6) is 0 Å². The molecule has 0 saturated heterocycles. The Bertz CT molecular complexity index is 733. The summed E-state index contributed by atoms with van der Waals surface area (Å²) in [6, 6.07) is 15.8. The van der Waals surface area contributed by atoms with Gasteiger partial charge < -0.3 is 9.84 Å². The van der Waals surface area contributed by atoms with Crippen LogP contribution in [0.15, 0.2) is 59.5 Å². The number of aryl methyl sites for hydroxylation is 1. The standard InChI is InChI=1S/C20H24O4S/c1-14-10-12-16(13-11-14)25(23)18(19(22)24-20(2,3)4)17(21)15-8-6-5-7-9-15/h5-13,17-18,21H,1-4H3/t17-,18-,25+/m1/s1. The van der Waals surface area contributed by atoms with Crippen LogP contribution >= 0.6 is 0 Å². The Morgan fingerprint density at radius 2 is 1.60 bits per heavy atom.